The highest BCUT2D eigenvalue weighted by Gasteiger charge is 2.48. The van der Waals surface area contributed by atoms with E-state index >= 15 is 0 Å². The number of nitro benzene ring substituents is 1. The number of nitrogens with one attached hydrogen (secondary N) is 1. The van der Waals surface area contributed by atoms with Crippen LogP contribution in [-0.4, -0.2) is 10.8 Å². The molecule has 0 heterocycles. The van der Waals surface area contributed by atoms with Crippen LogP contribution in [0.5, 0.6) is 0 Å². The molecule has 0 aliphatic heterocycles. The van der Waals surface area contributed by atoms with Gasteiger partial charge in [0.25, 0.3) is 5.69 Å². The van der Waals surface area contributed by atoms with Crippen LogP contribution in [0, 0.1) is 39.7 Å². The van der Waals surface area contributed by atoms with E-state index in [0.29, 0.717) is 29.9 Å². The number of anilines is 2. The van der Waals surface area contributed by atoms with Crippen molar-refractivity contribution in [1.82, 2.24) is 0 Å². The highest BCUT2D eigenvalue weighted by atomic mass is 16.6. The Balaban J connectivity index is 1.42. The predicted molar refractivity (Wildman–Crippen MR) is 91.3 cm³/mol. The molecule has 0 unspecified atom stereocenters. The fourth-order valence-corrected chi connectivity index (χ4v) is 5.58. The van der Waals surface area contributed by atoms with Crippen LogP contribution in [0.4, 0.5) is 17.1 Å². The SMILES string of the molecule is Nc1ccc(NC(=O)CC2C3CC4CC(C3)CC2C4)cc1[N+](=O)[O-]. The van der Waals surface area contributed by atoms with E-state index in [4.69, 9.17) is 5.73 Å². The van der Waals surface area contributed by atoms with Crippen LogP contribution in [-0.2, 0) is 4.79 Å². The number of nitrogens with two attached hydrogens (primary N) is 1. The number of carbonyl (C=O) groups excluding carboxylic acids is 1. The number of rotatable bonds is 4. The largest absolute Gasteiger partial charge is 0.393 e. The average Bonchev–Trinajstić information content (AvgIpc) is 2.52. The van der Waals surface area contributed by atoms with Gasteiger partial charge in [-0.2, -0.15) is 0 Å². The number of nitro groups is 1. The topological polar surface area (TPSA) is 98.3 Å². The first-order valence-corrected chi connectivity index (χ1v) is 8.83. The van der Waals surface area contributed by atoms with Gasteiger partial charge < -0.3 is 11.1 Å². The van der Waals surface area contributed by atoms with Gasteiger partial charge in [-0.05, 0) is 73.8 Å². The van der Waals surface area contributed by atoms with Crippen LogP contribution in [0.3, 0.4) is 0 Å². The summed E-state index contributed by atoms with van der Waals surface area (Å²) in [4.78, 5) is 22.9. The molecule has 6 heteroatoms. The maximum Gasteiger partial charge on any atom is 0.294 e. The molecule has 4 aliphatic carbocycles. The maximum atomic E-state index is 12.5. The lowest BCUT2D eigenvalue weighted by atomic mass is 9.51. The Labute approximate surface area is 140 Å². The van der Waals surface area contributed by atoms with Crippen LogP contribution in [0.1, 0.15) is 38.5 Å². The van der Waals surface area contributed by atoms with E-state index < -0.39 is 4.92 Å². The number of hydrogen-bond donors (Lipinski definition) is 2. The molecule has 1 aromatic carbocycles. The van der Waals surface area contributed by atoms with Gasteiger partial charge in [0.2, 0.25) is 5.91 Å². The number of nitrogen functional groups attached to an aromatic ring is 1. The van der Waals surface area contributed by atoms with Crippen LogP contribution in [0.2, 0.25) is 0 Å². The number of amides is 1. The van der Waals surface area contributed by atoms with Gasteiger partial charge in [-0.15, -0.1) is 0 Å². The van der Waals surface area contributed by atoms with Gasteiger partial charge in [0, 0.05) is 18.2 Å². The first-order valence-electron chi connectivity index (χ1n) is 8.83. The predicted octanol–water partition coefficient (Wildman–Crippen LogP) is 3.58. The molecule has 0 atom stereocenters. The molecule has 0 saturated heterocycles. The molecule has 4 saturated carbocycles. The van der Waals surface area contributed by atoms with E-state index in [1.165, 1.54) is 44.2 Å². The summed E-state index contributed by atoms with van der Waals surface area (Å²) in [6.07, 6.45) is 7.10. The summed E-state index contributed by atoms with van der Waals surface area (Å²) in [5, 5.41) is 13.8. The van der Waals surface area contributed by atoms with E-state index in [0.717, 1.165) is 11.8 Å². The van der Waals surface area contributed by atoms with Crippen molar-refractivity contribution < 1.29 is 9.72 Å². The summed E-state index contributed by atoms with van der Waals surface area (Å²) in [7, 11) is 0. The van der Waals surface area contributed by atoms with Gasteiger partial charge in [0.1, 0.15) is 5.69 Å². The Morgan fingerprint density at radius 1 is 1.17 bits per heavy atom. The Morgan fingerprint density at radius 3 is 2.38 bits per heavy atom. The van der Waals surface area contributed by atoms with Crippen molar-refractivity contribution in [3.63, 3.8) is 0 Å². The Morgan fingerprint density at radius 2 is 1.79 bits per heavy atom. The zero-order chi connectivity index (χ0) is 16.8. The Kier molecular flexibility index (Phi) is 3.70. The van der Waals surface area contributed by atoms with Crippen LogP contribution < -0.4 is 11.1 Å². The zero-order valence-corrected chi connectivity index (χ0v) is 13.6. The van der Waals surface area contributed by atoms with Gasteiger partial charge in [0.15, 0.2) is 0 Å². The van der Waals surface area contributed by atoms with Crippen molar-refractivity contribution in [3.05, 3.63) is 28.3 Å². The molecule has 0 aromatic heterocycles. The molecule has 5 rings (SSSR count). The molecule has 1 aromatic rings. The second-order valence-corrected chi connectivity index (χ2v) is 7.88. The lowest BCUT2D eigenvalue weighted by Gasteiger charge is -2.54. The molecule has 4 bridgehead atoms. The molecule has 0 radical (unpaired) electrons. The van der Waals surface area contributed by atoms with Crippen molar-refractivity contribution in [3.8, 4) is 0 Å². The molecular weight excluding hydrogens is 306 g/mol. The third-order valence-corrected chi connectivity index (χ3v) is 6.35. The van der Waals surface area contributed by atoms with Gasteiger partial charge in [-0.3, -0.25) is 14.9 Å². The number of nitrogens with zero attached hydrogens (tertiary/aromatic N) is 1. The molecule has 4 aliphatic rings. The van der Waals surface area contributed by atoms with Crippen LogP contribution >= 0.6 is 0 Å². The molecule has 6 nitrogen and oxygen atoms in total. The zero-order valence-electron chi connectivity index (χ0n) is 13.6. The fraction of sp³-hybridized carbons (Fsp3) is 0.611. The molecule has 0 spiro atoms. The van der Waals surface area contributed by atoms with Crippen molar-refractivity contribution in [2.45, 2.75) is 38.5 Å². The highest BCUT2D eigenvalue weighted by molar-refractivity contribution is 5.91. The smallest absolute Gasteiger partial charge is 0.294 e. The number of hydrogen-bond acceptors (Lipinski definition) is 4. The minimum absolute atomic E-state index is 0.0356. The summed E-state index contributed by atoms with van der Waals surface area (Å²) in [6, 6.07) is 4.43. The Hall–Kier alpha value is -2.11. The summed E-state index contributed by atoms with van der Waals surface area (Å²) in [5.41, 5.74) is 5.99. The van der Waals surface area contributed by atoms with E-state index in [9.17, 15) is 14.9 Å². The third-order valence-electron chi connectivity index (χ3n) is 6.35. The minimum atomic E-state index is -0.525. The van der Waals surface area contributed by atoms with E-state index in [1.807, 2.05) is 0 Å². The van der Waals surface area contributed by atoms with Crippen molar-refractivity contribution in [2.24, 2.45) is 29.6 Å². The molecule has 3 N–H and O–H groups in total. The first kappa shape index (κ1) is 15.4. The summed E-state index contributed by atoms with van der Waals surface area (Å²) < 4.78 is 0. The second-order valence-electron chi connectivity index (χ2n) is 7.88. The lowest BCUT2D eigenvalue weighted by molar-refractivity contribution is -0.383. The quantitative estimate of drug-likeness (QED) is 0.501. The van der Waals surface area contributed by atoms with Gasteiger partial charge in [-0.1, -0.05) is 0 Å². The molecule has 128 valence electrons. The van der Waals surface area contributed by atoms with Gasteiger partial charge >= 0.3 is 0 Å². The monoisotopic (exact) mass is 329 g/mol. The third kappa shape index (κ3) is 2.74. The van der Waals surface area contributed by atoms with E-state index in [-0.39, 0.29) is 17.3 Å². The highest BCUT2D eigenvalue weighted by Crippen LogP contribution is 2.57. The number of carbonyl (C=O) groups is 1. The van der Waals surface area contributed by atoms with E-state index in [1.54, 1.807) is 6.07 Å². The Bertz CT molecular complexity index is 660. The van der Waals surface area contributed by atoms with Crippen molar-refractivity contribution >= 4 is 23.0 Å². The summed E-state index contributed by atoms with van der Waals surface area (Å²) in [5.74, 6) is 3.65. The van der Waals surface area contributed by atoms with Crippen LogP contribution in [0.25, 0.3) is 0 Å². The molecular formula is C18H23N3O3. The summed E-state index contributed by atoms with van der Waals surface area (Å²) >= 11 is 0. The van der Waals surface area contributed by atoms with Crippen LogP contribution in [0.15, 0.2) is 18.2 Å². The lowest BCUT2D eigenvalue weighted by Crippen LogP contribution is -2.46. The average molecular weight is 329 g/mol. The minimum Gasteiger partial charge on any atom is -0.393 e. The second kappa shape index (κ2) is 5.76. The van der Waals surface area contributed by atoms with Crippen molar-refractivity contribution in [1.29, 1.82) is 0 Å². The molecule has 24 heavy (non-hydrogen) atoms. The van der Waals surface area contributed by atoms with E-state index in [2.05, 4.69) is 5.32 Å². The van der Waals surface area contributed by atoms with Gasteiger partial charge in [0.05, 0.1) is 4.92 Å². The van der Waals surface area contributed by atoms with Crippen molar-refractivity contribution in [2.75, 3.05) is 11.1 Å². The summed E-state index contributed by atoms with van der Waals surface area (Å²) in [6.45, 7) is 0. The van der Waals surface area contributed by atoms with Gasteiger partial charge in [-0.25, -0.2) is 0 Å². The molecule has 4 fully saturated rings. The molecule has 1 amide bonds. The maximum absolute atomic E-state index is 12.5. The fourth-order valence-electron chi connectivity index (χ4n) is 5.58. The number of benzene rings is 1. The first-order chi connectivity index (χ1) is 11.5. The normalized spacial score (nSPS) is 33.4. The standard InChI is InChI=1S/C18H23N3O3/c19-16-2-1-14(8-17(16)21(23)24)20-18(22)9-15-12-4-10-3-11(6-12)7-13(15)5-10/h1-2,8,10-13,15H,3-7,9,19H2,(H,20,22).